The molecule has 1 N–H and O–H groups in total. The van der Waals surface area contributed by atoms with Crippen molar-refractivity contribution >= 4 is 11.9 Å². The first-order chi connectivity index (χ1) is 13.2. The van der Waals surface area contributed by atoms with Gasteiger partial charge in [-0.1, -0.05) is 17.3 Å². The number of hydrogen-bond acceptors (Lipinski definition) is 5. The molecule has 1 saturated heterocycles. The Kier molecular flexibility index (Phi) is 5.46. The largest absolute Gasteiger partial charge is 0.480 e. The van der Waals surface area contributed by atoms with Crippen molar-refractivity contribution in [1.29, 1.82) is 0 Å². The Hall–Kier alpha value is -2.81. The third-order valence-electron chi connectivity index (χ3n) is 5.14. The summed E-state index contributed by atoms with van der Waals surface area (Å²) in [5, 5.41) is 13.3. The van der Waals surface area contributed by atoms with Crippen molar-refractivity contribution in [3.63, 3.8) is 0 Å². The highest BCUT2D eigenvalue weighted by atomic mass is 19.2. The Balaban J connectivity index is 1.92. The van der Waals surface area contributed by atoms with Crippen molar-refractivity contribution in [3.05, 3.63) is 52.9 Å². The Morgan fingerprint density at radius 1 is 1.39 bits per heavy atom. The van der Waals surface area contributed by atoms with E-state index in [1.807, 2.05) is 0 Å². The van der Waals surface area contributed by atoms with Crippen LogP contribution >= 0.6 is 0 Å². The van der Waals surface area contributed by atoms with Crippen LogP contribution in [0.1, 0.15) is 29.5 Å². The normalized spacial score (nSPS) is 22.4. The number of aliphatic carboxylic acids is 1. The smallest absolute Gasteiger partial charge is 0.320 e. The summed E-state index contributed by atoms with van der Waals surface area (Å²) in [4.78, 5) is 27.5. The third kappa shape index (κ3) is 3.62. The molecule has 9 heteroatoms. The number of nitrogens with zero attached hydrogens (tertiary/aromatic N) is 3. The summed E-state index contributed by atoms with van der Waals surface area (Å²) < 4.78 is 33.3. The number of aryl methyl sites for hydroxylation is 1. The van der Waals surface area contributed by atoms with Crippen LogP contribution in [0.4, 0.5) is 8.78 Å². The van der Waals surface area contributed by atoms with Crippen molar-refractivity contribution in [2.45, 2.75) is 32.0 Å². The number of carbonyl (C=O) groups excluding carboxylic acids is 1. The minimum absolute atomic E-state index is 0.00887. The van der Waals surface area contributed by atoms with Gasteiger partial charge in [0.2, 0.25) is 5.91 Å². The van der Waals surface area contributed by atoms with E-state index in [4.69, 9.17) is 4.52 Å². The van der Waals surface area contributed by atoms with Gasteiger partial charge in [0.15, 0.2) is 17.4 Å². The number of hydrogen-bond donors (Lipinski definition) is 1. The molecule has 0 radical (unpaired) electrons. The average Bonchev–Trinajstić information content (AvgIpc) is 3.20. The van der Waals surface area contributed by atoms with Crippen molar-refractivity contribution in [2.24, 2.45) is 5.92 Å². The molecule has 3 atom stereocenters. The van der Waals surface area contributed by atoms with Gasteiger partial charge in [-0.05, 0) is 26.5 Å². The zero-order valence-electron chi connectivity index (χ0n) is 15.7. The number of carboxylic acids is 1. The second-order valence-corrected chi connectivity index (χ2v) is 7.08. The van der Waals surface area contributed by atoms with Crippen LogP contribution in [0.5, 0.6) is 0 Å². The maximum atomic E-state index is 14.4. The lowest BCUT2D eigenvalue weighted by Gasteiger charge is -2.28. The van der Waals surface area contributed by atoms with E-state index in [1.165, 1.54) is 29.0 Å². The average molecular weight is 393 g/mol. The first-order valence-corrected chi connectivity index (χ1v) is 8.76. The lowest BCUT2D eigenvalue weighted by Crippen LogP contribution is -2.37. The van der Waals surface area contributed by atoms with Gasteiger partial charge in [0.05, 0.1) is 24.2 Å². The summed E-state index contributed by atoms with van der Waals surface area (Å²) in [6.07, 6.45) is -0.00887. The molecule has 7 nitrogen and oxygen atoms in total. The van der Waals surface area contributed by atoms with E-state index in [-0.39, 0.29) is 24.4 Å². The minimum Gasteiger partial charge on any atom is -0.480 e. The second-order valence-electron chi connectivity index (χ2n) is 7.08. The highest BCUT2D eigenvalue weighted by molar-refractivity contribution is 5.83. The zero-order chi connectivity index (χ0) is 20.6. The fraction of sp³-hybridized carbons (Fsp3) is 0.421. The van der Waals surface area contributed by atoms with Crippen molar-refractivity contribution in [1.82, 2.24) is 15.0 Å². The topological polar surface area (TPSA) is 86.9 Å². The predicted octanol–water partition coefficient (Wildman–Crippen LogP) is 2.37. The van der Waals surface area contributed by atoms with Gasteiger partial charge in [-0.25, -0.2) is 8.78 Å². The van der Waals surface area contributed by atoms with Crippen molar-refractivity contribution in [3.8, 4) is 0 Å². The fourth-order valence-corrected chi connectivity index (χ4v) is 3.79. The standard InChI is InChI=1S/C19H21F2N3O4/c1-10-7-11(28-22-10)9-23(2)18(25)13-8-15(19(26)27)24(3)17(13)12-5-4-6-14(20)16(12)21/h4-7,13,15,17H,8-9H2,1-3H3,(H,26,27)/t13-,15-,17-/m1/s1. The van der Waals surface area contributed by atoms with Crippen LogP contribution in [0.25, 0.3) is 0 Å². The molecule has 1 aromatic carbocycles. The summed E-state index contributed by atoms with van der Waals surface area (Å²) in [5.41, 5.74) is 0.635. The predicted molar refractivity (Wildman–Crippen MR) is 94.1 cm³/mol. The molecule has 1 aliphatic rings. The molecule has 0 unspecified atom stereocenters. The number of aromatic nitrogens is 1. The van der Waals surface area contributed by atoms with Gasteiger partial charge in [0.25, 0.3) is 0 Å². The summed E-state index contributed by atoms with van der Waals surface area (Å²) >= 11 is 0. The van der Waals surface area contributed by atoms with Gasteiger partial charge in [-0.15, -0.1) is 0 Å². The van der Waals surface area contributed by atoms with E-state index in [9.17, 15) is 23.5 Å². The highest BCUT2D eigenvalue weighted by Gasteiger charge is 2.48. The molecule has 28 heavy (non-hydrogen) atoms. The number of carboxylic acid groups (broad SMARTS) is 1. The molecule has 3 rings (SSSR count). The summed E-state index contributed by atoms with van der Waals surface area (Å²) in [5.74, 6) is -3.98. The summed E-state index contributed by atoms with van der Waals surface area (Å²) in [6, 6.07) is 3.51. The molecule has 1 fully saturated rings. The molecule has 1 amide bonds. The lowest BCUT2D eigenvalue weighted by molar-refractivity contribution is -0.142. The molecule has 2 heterocycles. The van der Waals surface area contributed by atoms with Crippen LogP contribution in [-0.2, 0) is 16.1 Å². The molecule has 150 valence electrons. The van der Waals surface area contributed by atoms with Crippen molar-refractivity contribution < 1.29 is 28.0 Å². The number of carbonyl (C=O) groups is 2. The molecular formula is C19H21F2N3O4. The first-order valence-electron chi connectivity index (χ1n) is 8.76. The fourth-order valence-electron chi connectivity index (χ4n) is 3.79. The number of rotatable bonds is 5. The number of likely N-dealkylation sites (tertiary alicyclic amines) is 1. The second kappa shape index (κ2) is 7.67. The third-order valence-corrected chi connectivity index (χ3v) is 5.14. The van der Waals surface area contributed by atoms with Crippen LogP contribution in [0.2, 0.25) is 0 Å². The van der Waals surface area contributed by atoms with Gasteiger partial charge in [0, 0.05) is 18.7 Å². The SMILES string of the molecule is Cc1cc(CN(C)C(=O)[C@@H]2C[C@H](C(=O)O)N(C)[C@@H]2c2cccc(F)c2F)on1. The Morgan fingerprint density at radius 3 is 2.71 bits per heavy atom. The Bertz CT molecular complexity index is 901. The number of halogens is 2. The van der Waals surface area contributed by atoms with E-state index < -0.39 is 35.6 Å². The minimum atomic E-state index is -1.12. The van der Waals surface area contributed by atoms with Gasteiger partial charge >= 0.3 is 5.97 Å². The summed E-state index contributed by atoms with van der Waals surface area (Å²) in [6.45, 7) is 1.89. The lowest BCUT2D eigenvalue weighted by atomic mass is 9.91. The maximum Gasteiger partial charge on any atom is 0.320 e. The van der Waals surface area contributed by atoms with Crippen LogP contribution in [-0.4, -0.2) is 52.1 Å². The maximum absolute atomic E-state index is 14.4. The van der Waals surface area contributed by atoms with Crippen LogP contribution in [0, 0.1) is 24.5 Å². The van der Waals surface area contributed by atoms with Crippen LogP contribution < -0.4 is 0 Å². The number of likely N-dealkylation sites (N-methyl/N-ethyl adjacent to an activating group) is 1. The highest BCUT2D eigenvalue weighted by Crippen LogP contribution is 2.42. The molecular weight excluding hydrogens is 372 g/mol. The zero-order valence-corrected chi connectivity index (χ0v) is 15.7. The molecule has 1 aliphatic heterocycles. The molecule has 1 aromatic heterocycles. The first kappa shape index (κ1) is 19.9. The van der Waals surface area contributed by atoms with Gasteiger partial charge < -0.3 is 14.5 Å². The van der Waals surface area contributed by atoms with Crippen LogP contribution in [0.15, 0.2) is 28.8 Å². The van der Waals surface area contributed by atoms with Gasteiger partial charge in [-0.2, -0.15) is 0 Å². The molecule has 0 aliphatic carbocycles. The summed E-state index contributed by atoms with van der Waals surface area (Å²) in [7, 11) is 3.05. The van der Waals surface area contributed by atoms with Gasteiger partial charge in [-0.3, -0.25) is 14.5 Å². The van der Waals surface area contributed by atoms with E-state index >= 15 is 0 Å². The molecule has 0 spiro atoms. The molecule has 0 bridgehead atoms. The Morgan fingerprint density at radius 2 is 2.11 bits per heavy atom. The molecule has 2 aromatic rings. The van der Waals surface area contributed by atoms with E-state index in [2.05, 4.69) is 5.16 Å². The van der Waals surface area contributed by atoms with Crippen LogP contribution in [0.3, 0.4) is 0 Å². The molecule has 0 saturated carbocycles. The van der Waals surface area contributed by atoms with Gasteiger partial charge in [0.1, 0.15) is 6.04 Å². The number of amides is 1. The van der Waals surface area contributed by atoms with E-state index in [0.717, 1.165) is 6.07 Å². The quantitative estimate of drug-likeness (QED) is 0.839. The monoisotopic (exact) mass is 393 g/mol. The number of benzene rings is 1. The van der Waals surface area contributed by atoms with E-state index in [1.54, 1.807) is 20.0 Å². The Labute approximate surface area is 160 Å². The van der Waals surface area contributed by atoms with Crippen molar-refractivity contribution in [2.75, 3.05) is 14.1 Å². The van der Waals surface area contributed by atoms with E-state index in [0.29, 0.717) is 11.5 Å².